The lowest BCUT2D eigenvalue weighted by molar-refractivity contribution is -0.144. The Labute approximate surface area is 767 Å². The predicted molar refractivity (Wildman–Crippen MR) is 501 cm³/mol. The van der Waals surface area contributed by atoms with Gasteiger partial charge in [-0.2, -0.15) is 0 Å². The molecule has 0 heterocycles. The highest BCUT2D eigenvalue weighted by Crippen LogP contribution is 2.25. The van der Waals surface area contributed by atoms with Crippen molar-refractivity contribution >= 4 is 94.6 Å². The first-order chi connectivity index (χ1) is 59.9. The molecule has 0 saturated heterocycles. The third kappa shape index (κ3) is 36.3. The maximum absolute atomic E-state index is 15.0. The second-order valence-electron chi connectivity index (χ2n) is 37.7. The van der Waals surface area contributed by atoms with Crippen LogP contribution in [-0.2, 0) is 76.7 Å². The summed E-state index contributed by atoms with van der Waals surface area (Å²) in [5.41, 5.74) is 6.17. The van der Waals surface area contributed by atoms with Gasteiger partial charge in [-0.05, 0) is 94.7 Å². The van der Waals surface area contributed by atoms with Gasteiger partial charge >= 0.3 is 5.97 Å². The highest BCUT2D eigenvalue weighted by Gasteiger charge is 2.45. The van der Waals surface area contributed by atoms with Crippen LogP contribution in [-0.4, -0.2) is 196 Å². The topological polar surface area (TPSA) is 500 Å². The number of nitrogens with two attached hydrogens (primary N) is 1. The van der Waals surface area contributed by atoms with Crippen molar-refractivity contribution in [3.05, 3.63) is 0 Å². The number of amides is 15. The normalized spacial score (nSPS) is 18.9. The van der Waals surface area contributed by atoms with Crippen molar-refractivity contribution in [2.45, 2.75) is 415 Å². The van der Waals surface area contributed by atoms with Crippen molar-refractivity contribution in [2.75, 3.05) is 0 Å². The van der Waals surface area contributed by atoms with Crippen LogP contribution in [0.15, 0.2) is 0 Å². The van der Waals surface area contributed by atoms with Crippen molar-refractivity contribution in [1.82, 2.24) is 79.8 Å². The summed E-state index contributed by atoms with van der Waals surface area (Å²) in [5, 5.41) is 52.9. The Kier molecular flexibility index (Phi) is 55.7. The molecule has 0 saturated carbocycles. The van der Waals surface area contributed by atoms with Gasteiger partial charge in [0.2, 0.25) is 88.6 Å². The Balaban J connectivity index is 7.40. The quantitative estimate of drug-likeness (QED) is 0.0274. The van der Waals surface area contributed by atoms with Crippen LogP contribution in [0.5, 0.6) is 0 Å². The van der Waals surface area contributed by atoms with Crippen LogP contribution in [0.3, 0.4) is 0 Å². The van der Waals surface area contributed by atoms with Crippen molar-refractivity contribution in [3.63, 3.8) is 0 Å². The van der Waals surface area contributed by atoms with Crippen LogP contribution in [0.2, 0.25) is 0 Å². The number of rotatable bonds is 62. The van der Waals surface area contributed by atoms with E-state index >= 15 is 19.2 Å². The van der Waals surface area contributed by atoms with Crippen LogP contribution in [0.4, 0.5) is 0 Å². The molecular weight excluding hydrogens is 1640 g/mol. The zero-order valence-corrected chi connectivity index (χ0v) is 84.1. The summed E-state index contributed by atoms with van der Waals surface area (Å²) < 4.78 is 0. The van der Waals surface area contributed by atoms with Crippen molar-refractivity contribution < 1.29 is 81.8 Å². The predicted octanol–water partition coefficient (Wildman–Crippen LogP) is 8.02. The molecule has 18 N–H and O–H groups in total. The fraction of sp³-hybridized carbons (Fsp3) is 0.832. The van der Waals surface area contributed by atoms with E-state index in [4.69, 9.17) is 5.73 Å². The molecule has 0 aromatic carbocycles. The Bertz CT molecular complexity index is 3440. The second-order valence-corrected chi connectivity index (χ2v) is 37.7. The average Bonchev–Trinajstić information content (AvgIpc) is 0.825. The number of hydrogen-bond acceptors (Lipinski definition) is 17. The van der Waals surface area contributed by atoms with E-state index < -0.39 is 274 Å². The molecule has 33 heteroatoms. The van der Waals surface area contributed by atoms with Gasteiger partial charge in [-0.25, -0.2) is 4.79 Å². The Morgan fingerprint density at radius 2 is 0.242 bits per heavy atom. The standard InChI is InChI=1S/C95H176N16O17/c1-33-49(18)65(97-80(112)64(96)48(16)17)81(113)98-66(50(19)34-2)82(114)99-67(51(20)35-3)83(115)100-68(52(21)36-4)84(116)101-69(53(22)37-5)85(117)102-70(54(23)38-6)86(118)103-71(55(24)39-7)87(119)104-72(56(25)40-8)88(120)105-73(57(26)41-9)89(121)106-74(58(27)42-10)90(122)107-75(59(28)43-11)91(123)108-76(60(29)44-12)92(124)109-77(61(30)45-13)93(125)110-78(62(31)46-14)94(126)111-79(95(127)128)63(32)47-15/h48-79H,33-47,96H2,1-32H3,(H,97,112)(H,98,113)(H,99,114)(H,100,115)(H,101,116)(H,102,117)(H,103,118)(H,104,119)(H,105,120)(H,106,121)(H,107,122)(H,108,123)(H,109,124)(H,110,125)(H,111,126)(H,127,128)/t49-,50-,51-,52-,53-,54-,55-,56-,57-,58-,59-,60-,61-,62-,63-,64-,65-,66-,67-,68-,69-,70-,71-,72-,73-,74-,75-,76-,77-,78-,79-/m0/s1. The summed E-state index contributed by atoms with van der Waals surface area (Å²) in [6.07, 6.45) is 6.00. The van der Waals surface area contributed by atoms with Crippen LogP contribution in [0, 0.1) is 94.7 Å². The van der Waals surface area contributed by atoms with Gasteiger partial charge in [-0.15, -0.1) is 0 Å². The minimum atomic E-state index is -1.30. The summed E-state index contributed by atoms with van der Waals surface area (Å²) in [6, 6.07) is -19.4. The fourth-order valence-electron chi connectivity index (χ4n) is 14.5. The van der Waals surface area contributed by atoms with Crippen LogP contribution >= 0.6 is 0 Å². The molecule has 0 radical (unpaired) electrons. The minimum Gasteiger partial charge on any atom is -0.480 e. The van der Waals surface area contributed by atoms with Gasteiger partial charge in [-0.3, -0.25) is 71.9 Å². The fourth-order valence-corrected chi connectivity index (χ4v) is 14.5. The number of carboxylic acids is 1. The summed E-state index contributed by atoms with van der Waals surface area (Å²) in [7, 11) is 0. The van der Waals surface area contributed by atoms with Gasteiger partial charge in [0.25, 0.3) is 0 Å². The first kappa shape index (κ1) is 119. The number of carbonyl (C=O) groups is 16. The number of carboxylic acid groups (broad SMARTS) is 1. The van der Waals surface area contributed by atoms with Crippen molar-refractivity contribution in [2.24, 2.45) is 100 Å². The Morgan fingerprint density at radius 3 is 0.320 bits per heavy atom. The van der Waals surface area contributed by atoms with Crippen molar-refractivity contribution in [1.29, 1.82) is 0 Å². The molecule has 15 amide bonds. The number of carbonyl (C=O) groups excluding carboxylic acids is 15. The first-order valence-corrected chi connectivity index (χ1v) is 48.4. The first-order valence-electron chi connectivity index (χ1n) is 48.4. The zero-order chi connectivity index (χ0) is 98.9. The molecule has 31 atom stereocenters. The van der Waals surface area contributed by atoms with E-state index in [2.05, 4.69) is 79.8 Å². The van der Waals surface area contributed by atoms with Gasteiger partial charge < -0.3 is 90.6 Å². The maximum Gasteiger partial charge on any atom is 0.326 e. The van der Waals surface area contributed by atoms with Crippen LogP contribution in [0.1, 0.15) is 318 Å². The zero-order valence-electron chi connectivity index (χ0n) is 84.1. The highest BCUT2D eigenvalue weighted by atomic mass is 16.4. The second kappa shape index (κ2) is 59.7. The van der Waals surface area contributed by atoms with Crippen LogP contribution < -0.4 is 85.5 Å². The van der Waals surface area contributed by atoms with E-state index in [9.17, 15) is 62.6 Å². The SMILES string of the molecule is CC[C@H](C)[C@H](NC(=O)[C@@H](NC(=O)[C@@H](NC(=O)[C@@H](NC(=O)[C@@H](NC(=O)[C@@H](NC(=O)[C@@H](NC(=O)[C@@H](NC(=O)[C@@H](NC(=O)[C@@H](NC(=O)[C@@H](NC(=O)[C@@H](NC(=O)[C@@H](NC(=O)[C@@H](NC(=O)[C@@H](NC(=O)[C@@H](N)C(C)C)[C@@H](C)CC)[C@@H](C)CC)[C@@H](C)CC)[C@@H](C)CC)[C@@H](C)CC)[C@@H](C)CC)[C@@H](C)CC)[C@@H](C)CC)[C@@H](C)CC)[C@@H](C)CC)[C@@H](C)CC)[C@@H](C)CC)[C@@H](C)CC)[C@@H](C)CC)C(=O)O. The lowest BCUT2D eigenvalue weighted by Crippen LogP contribution is -2.64. The van der Waals surface area contributed by atoms with E-state index in [0.717, 1.165) is 0 Å². The highest BCUT2D eigenvalue weighted by molar-refractivity contribution is 6.01. The van der Waals surface area contributed by atoms with Crippen LogP contribution in [0.25, 0.3) is 0 Å². The monoisotopic (exact) mass is 1810 g/mol. The molecule has 0 bridgehead atoms. The van der Waals surface area contributed by atoms with Gasteiger partial charge in [0.15, 0.2) is 0 Å². The molecule has 0 aliphatic carbocycles. The lowest BCUT2D eigenvalue weighted by Gasteiger charge is -2.34. The summed E-state index contributed by atoms with van der Waals surface area (Å²) in [6.45, 7) is 57.3. The molecule has 0 spiro atoms. The van der Waals surface area contributed by atoms with Gasteiger partial charge in [0.1, 0.15) is 90.6 Å². The molecule has 0 unspecified atom stereocenters. The summed E-state index contributed by atoms with van der Waals surface area (Å²) >= 11 is 0. The third-order valence-corrected chi connectivity index (χ3v) is 27.9. The molecule has 0 aliphatic rings. The maximum atomic E-state index is 15.0. The molecule has 33 nitrogen and oxygen atoms in total. The number of aliphatic carboxylic acids is 1. The number of nitrogens with one attached hydrogen (secondary N) is 15. The smallest absolute Gasteiger partial charge is 0.326 e. The largest absolute Gasteiger partial charge is 0.480 e. The molecular formula is C95H176N16O17. The molecule has 0 aliphatic heterocycles. The minimum absolute atomic E-state index is 0.216. The van der Waals surface area contributed by atoms with Gasteiger partial charge in [0.05, 0.1) is 6.04 Å². The van der Waals surface area contributed by atoms with E-state index in [0.29, 0.717) is 96.3 Å². The molecule has 738 valence electrons. The van der Waals surface area contributed by atoms with E-state index in [1.165, 1.54) is 0 Å². The number of hydrogen-bond donors (Lipinski definition) is 17. The third-order valence-electron chi connectivity index (χ3n) is 27.9. The van der Waals surface area contributed by atoms with E-state index in [1.807, 2.05) is 104 Å². The molecule has 128 heavy (non-hydrogen) atoms. The molecule has 0 aromatic rings. The summed E-state index contributed by atoms with van der Waals surface area (Å²) in [5.74, 6) is -19.4. The lowest BCUT2D eigenvalue weighted by atomic mass is 9.91. The van der Waals surface area contributed by atoms with Gasteiger partial charge in [-0.1, -0.05) is 318 Å². The van der Waals surface area contributed by atoms with Crippen molar-refractivity contribution in [3.8, 4) is 0 Å². The van der Waals surface area contributed by atoms with E-state index in [-0.39, 0.29) is 11.8 Å². The molecule has 0 aromatic heterocycles. The Hall–Kier alpha value is -8.52. The Morgan fingerprint density at radius 1 is 0.164 bits per heavy atom. The van der Waals surface area contributed by atoms with Gasteiger partial charge in [0, 0.05) is 0 Å². The average molecular weight is 1810 g/mol. The molecule has 0 rings (SSSR count). The molecule has 0 fully saturated rings. The summed E-state index contributed by atoms with van der Waals surface area (Å²) in [4.78, 5) is 232. The van der Waals surface area contributed by atoms with E-state index in [1.54, 1.807) is 118 Å².